The van der Waals surface area contributed by atoms with E-state index in [1.54, 1.807) is 0 Å². The summed E-state index contributed by atoms with van der Waals surface area (Å²) in [5.41, 5.74) is 5.26. The van der Waals surface area contributed by atoms with Gasteiger partial charge in [0.15, 0.2) is 0 Å². The van der Waals surface area contributed by atoms with E-state index in [2.05, 4.69) is 73.7 Å². The smallest absolute Gasteiger partial charge is 0.307 e. The van der Waals surface area contributed by atoms with E-state index in [9.17, 15) is 25.2 Å². The van der Waals surface area contributed by atoms with Crippen molar-refractivity contribution in [2.75, 3.05) is 6.61 Å². The number of allylic oxidation sites excluding steroid dienone is 3. The Balaban J connectivity index is 1.19. The summed E-state index contributed by atoms with van der Waals surface area (Å²) in [5.74, 6) is 0.756. The lowest BCUT2D eigenvalue weighted by Gasteiger charge is -2.48. The predicted molar refractivity (Wildman–Crippen MR) is 232 cm³/mol. The Morgan fingerprint density at radius 1 is 0.825 bits per heavy atom. The molecule has 0 heterocycles. The number of aromatic hydroxyl groups is 1. The molecule has 2 bridgehead atoms. The van der Waals surface area contributed by atoms with Gasteiger partial charge in [-0.1, -0.05) is 130 Å². The molecule has 0 aromatic heterocycles. The number of phenolic OH excluding ortho intramolecular Hbond substituents is 1. The Kier molecular flexibility index (Phi) is 13.8. The van der Waals surface area contributed by atoms with Gasteiger partial charge in [-0.2, -0.15) is 0 Å². The lowest BCUT2D eigenvalue weighted by atomic mass is 9.55. The fourth-order valence-corrected chi connectivity index (χ4v) is 11.2. The van der Waals surface area contributed by atoms with E-state index >= 15 is 0 Å². The normalized spacial score (nSPS) is 27.1. The zero-order valence-corrected chi connectivity index (χ0v) is 34.3. The molecule has 0 saturated heterocycles. The van der Waals surface area contributed by atoms with Crippen LogP contribution in [0.4, 0.5) is 0 Å². The van der Waals surface area contributed by atoms with Gasteiger partial charge in [-0.25, -0.2) is 0 Å². The van der Waals surface area contributed by atoms with Gasteiger partial charge in [0, 0.05) is 16.6 Å². The molecule has 3 aromatic carbocycles. The highest BCUT2D eigenvalue weighted by atomic mass is 16.4. The van der Waals surface area contributed by atoms with Crippen LogP contribution in [0, 0.1) is 29.6 Å². The molecular formula is C52H66O5. The Labute approximate surface area is 341 Å². The van der Waals surface area contributed by atoms with Crippen LogP contribution in [0.25, 0.3) is 11.8 Å². The molecule has 7 unspecified atom stereocenters. The van der Waals surface area contributed by atoms with Crippen LogP contribution in [0.15, 0.2) is 90.5 Å². The summed E-state index contributed by atoms with van der Waals surface area (Å²) in [6, 6.07) is 23.3. The van der Waals surface area contributed by atoms with Crippen molar-refractivity contribution in [3.8, 4) is 5.75 Å². The van der Waals surface area contributed by atoms with Crippen LogP contribution in [-0.4, -0.2) is 33.0 Å². The molecule has 4 N–H and O–H groups in total. The van der Waals surface area contributed by atoms with E-state index in [0.717, 1.165) is 92.2 Å². The van der Waals surface area contributed by atoms with E-state index in [-0.39, 0.29) is 24.4 Å². The molecule has 3 aromatic rings. The highest BCUT2D eigenvalue weighted by Gasteiger charge is 2.50. The number of carboxylic acids is 1. The molecule has 0 aliphatic heterocycles. The number of aliphatic carboxylic acids is 1. The number of hydrogen-bond donors (Lipinski definition) is 4. The van der Waals surface area contributed by atoms with Crippen molar-refractivity contribution in [2.45, 2.75) is 134 Å². The number of benzene rings is 3. The number of aliphatic hydroxyl groups is 2. The highest BCUT2D eigenvalue weighted by molar-refractivity contribution is 5.73. The second-order valence-electron chi connectivity index (χ2n) is 18.0. The van der Waals surface area contributed by atoms with Crippen LogP contribution in [0.5, 0.6) is 5.75 Å². The number of carbonyl (C=O) groups is 1. The Hall–Kier alpha value is -4.09. The van der Waals surface area contributed by atoms with E-state index in [4.69, 9.17) is 0 Å². The number of unbranched alkanes of at least 4 members (excludes halogenated alkanes) is 5. The van der Waals surface area contributed by atoms with Gasteiger partial charge in [0.05, 0.1) is 12.5 Å². The largest absolute Gasteiger partial charge is 0.511 e. The molecule has 0 amide bonds. The topological polar surface area (TPSA) is 98.0 Å². The van der Waals surface area contributed by atoms with Gasteiger partial charge in [0.1, 0.15) is 11.5 Å². The average Bonchev–Trinajstić information content (AvgIpc) is 3.69. The van der Waals surface area contributed by atoms with Crippen molar-refractivity contribution < 1.29 is 25.2 Å². The molecule has 7 rings (SSSR count). The van der Waals surface area contributed by atoms with E-state index < -0.39 is 17.3 Å². The second-order valence-corrected chi connectivity index (χ2v) is 18.0. The van der Waals surface area contributed by atoms with E-state index in [1.807, 2.05) is 24.3 Å². The third-order valence-corrected chi connectivity index (χ3v) is 14.5. The van der Waals surface area contributed by atoms with Gasteiger partial charge in [-0.3, -0.25) is 4.79 Å². The molecule has 1 fully saturated rings. The third-order valence-electron chi connectivity index (χ3n) is 14.5. The lowest BCUT2D eigenvalue weighted by Crippen LogP contribution is -2.48. The summed E-state index contributed by atoms with van der Waals surface area (Å²) >= 11 is 0. The molecule has 57 heavy (non-hydrogen) atoms. The first-order valence-electron chi connectivity index (χ1n) is 22.4. The van der Waals surface area contributed by atoms with Gasteiger partial charge < -0.3 is 20.4 Å². The number of aryl methyl sites for hydroxylation is 1. The maximum absolute atomic E-state index is 13.4. The van der Waals surface area contributed by atoms with Crippen molar-refractivity contribution in [1.29, 1.82) is 0 Å². The molecule has 4 aliphatic carbocycles. The van der Waals surface area contributed by atoms with Gasteiger partial charge in [0.2, 0.25) is 0 Å². The second kappa shape index (κ2) is 19.1. The number of fused-ring (bicyclic) bond motifs is 5. The van der Waals surface area contributed by atoms with Crippen molar-refractivity contribution in [3.63, 3.8) is 0 Å². The molecule has 5 heteroatoms. The van der Waals surface area contributed by atoms with E-state index in [0.29, 0.717) is 36.2 Å². The fraction of sp³-hybridized carbons (Fsp3) is 0.519. The molecular weight excluding hydrogens is 705 g/mol. The molecule has 1 spiro atoms. The Morgan fingerprint density at radius 2 is 1.65 bits per heavy atom. The van der Waals surface area contributed by atoms with Gasteiger partial charge >= 0.3 is 5.97 Å². The fourth-order valence-electron chi connectivity index (χ4n) is 11.2. The third kappa shape index (κ3) is 9.46. The molecule has 5 nitrogen and oxygen atoms in total. The predicted octanol–water partition coefficient (Wildman–Crippen LogP) is 10.6. The van der Waals surface area contributed by atoms with Crippen molar-refractivity contribution in [1.82, 2.24) is 0 Å². The quantitative estimate of drug-likeness (QED) is 0.0967. The summed E-state index contributed by atoms with van der Waals surface area (Å²) in [5, 5.41) is 45.2. The Bertz CT molecular complexity index is 2030. The summed E-state index contributed by atoms with van der Waals surface area (Å²) in [7, 11) is 0. The maximum atomic E-state index is 13.4. The van der Waals surface area contributed by atoms with Crippen LogP contribution in [0.2, 0.25) is 0 Å². The summed E-state index contributed by atoms with van der Waals surface area (Å²) in [6.07, 6.45) is 27.0. The van der Waals surface area contributed by atoms with Crippen molar-refractivity contribution >= 4 is 17.8 Å². The first kappa shape index (κ1) is 41.1. The monoisotopic (exact) mass is 770 g/mol. The summed E-state index contributed by atoms with van der Waals surface area (Å²) < 4.78 is 0. The SMILES string of the molecule is CCCCCc1cc(C2Cc3cccc(c3)C3(CCC4C=c5ccccc5=C(O)C4C3)C(C(=O)O)CC=CCC2CCCCCCC2C=C(CO)CC2)ccc1O. The zero-order valence-electron chi connectivity index (χ0n) is 34.3. The minimum atomic E-state index is -0.755. The van der Waals surface area contributed by atoms with Gasteiger partial charge in [-0.15, -0.1) is 0 Å². The molecule has 4 aliphatic rings. The summed E-state index contributed by atoms with van der Waals surface area (Å²) in [4.78, 5) is 13.4. The first-order chi connectivity index (χ1) is 27.8. The van der Waals surface area contributed by atoms with Crippen LogP contribution in [0.1, 0.15) is 138 Å². The lowest BCUT2D eigenvalue weighted by molar-refractivity contribution is -0.145. The van der Waals surface area contributed by atoms with Gasteiger partial charge in [-0.05, 0) is 140 Å². The summed E-state index contributed by atoms with van der Waals surface area (Å²) in [6.45, 7) is 2.42. The Morgan fingerprint density at radius 3 is 2.46 bits per heavy atom. The van der Waals surface area contributed by atoms with Crippen molar-refractivity contribution in [2.24, 2.45) is 29.6 Å². The molecule has 1 saturated carbocycles. The average molecular weight is 771 g/mol. The molecule has 0 radical (unpaired) electrons. The standard InChI is InChI=1S/C52H66O5/c1-2-3-6-19-43-33-41(25-26-49(43)54)46-31-37-15-13-20-44(30-37)52(28-27-42-32-40-18-9-11-21-45(40)50(55)47(42)34-52)48(51(56)57)22-12-10-17-39(46)16-8-5-4-7-14-36-23-24-38(29-36)35-53/h9-13,15,18,20-21,25-26,29-30,32-33,36,39,42,46-48,53-55H,2-8,14,16-17,19,22-24,27-28,31,34-35H2,1H3,(H,56,57). The van der Waals surface area contributed by atoms with Crippen LogP contribution in [0.3, 0.4) is 0 Å². The number of hydrogen-bond acceptors (Lipinski definition) is 4. The first-order valence-corrected chi connectivity index (χ1v) is 22.4. The minimum absolute atomic E-state index is 0.121. The minimum Gasteiger partial charge on any atom is -0.511 e. The zero-order chi connectivity index (χ0) is 39.8. The van der Waals surface area contributed by atoms with Crippen molar-refractivity contribution in [3.05, 3.63) is 123 Å². The number of phenols is 1. The van der Waals surface area contributed by atoms with Crippen LogP contribution in [-0.2, 0) is 23.1 Å². The molecule has 304 valence electrons. The molecule has 7 atom stereocenters. The number of rotatable bonds is 14. The number of aliphatic hydroxyl groups excluding tert-OH is 2. The van der Waals surface area contributed by atoms with Crippen LogP contribution < -0.4 is 10.4 Å². The van der Waals surface area contributed by atoms with E-state index in [1.165, 1.54) is 48.8 Å². The maximum Gasteiger partial charge on any atom is 0.307 e. The number of carboxylic acid groups (broad SMARTS) is 1. The van der Waals surface area contributed by atoms with Gasteiger partial charge in [0.25, 0.3) is 0 Å². The highest BCUT2D eigenvalue weighted by Crippen LogP contribution is 2.53. The van der Waals surface area contributed by atoms with Crippen LogP contribution >= 0.6 is 0 Å².